The third kappa shape index (κ3) is 8.09. The fourth-order valence-corrected chi connectivity index (χ4v) is 1.32. The van der Waals surface area contributed by atoms with E-state index in [1.165, 1.54) is 0 Å². The first-order valence-corrected chi connectivity index (χ1v) is 4.63. The van der Waals surface area contributed by atoms with Gasteiger partial charge >= 0.3 is 48.8 Å². The molecule has 9 heavy (non-hydrogen) atoms. The Hall–Kier alpha value is 0.0900. The van der Waals surface area contributed by atoms with Gasteiger partial charge in [-0.25, -0.2) is 0 Å². The number of halogens is 3. The number of rotatable bonds is 2. The first kappa shape index (κ1) is 9.09. The normalized spacial score (nSPS) is 15.6. The molecule has 58 valence electrons. The summed E-state index contributed by atoms with van der Waals surface area (Å²) in [6, 6.07) is 0. The van der Waals surface area contributed by atoms with Crippen LogP contribution < -0.4 is 4.49 Å². The molecule has 2 N–H and O–H groups in total. The van der Waals surface area contributed by atoms with Crippen LogP contribution in [0.4, 0.5) is 12.3 Å². The molecule has 0 unspecified atom stereocenters. The van der Waals surface area contributed by atoms with Crippen molar-refractivity contribution in [1.82, 2.24) is 4.49 Å². The summed E-state index contributed by atoms with van der Waals surface area (Å²) in [6.07, 6.45) is 0. The summed E-state index contributed by atoms with van der Waals surface area (Å²) in [7, 11) is -11.5. The molecule has 0 aromatic rings. The van der Waals surface area contributed by atoms with Crippen LogP contribution in [0.5, 0.6) is 0 Å². The van der Waals surface area contributed by atoms with Crippen molar-refractivity contribution in [2.24, 2.45) is 0 Å². The van der Waals surface area contributed by atoms with Crippen LogP contribution >= 0.6 is 8.26 Å². The second kappa shape index (κ2) is 2.37. The zero-order chi connectivity index (χ0) is 7.71. The van der Waals surface area contributed by atoms with Gasteiger partial charge in [-0.3, -0.25) is 0 Å². The second-order valence-electron chi connectivity index (χ2n) is 1.08. The second-order valence-corrected chi connectivity index (χ2v) is 3.86. The van der Waals surface area contributed by atoms with Gasteiger partial charge in [-0.1, -0.05) is 0 Å². The van der Waals surface area contributed by atoms with Crippen LogP contribution in [0.2, 0.25) is 0 Å². The van der Waals surface area contributed by atoms with Crippen LogP contribution in [0.1, 0.15) is 0 Å². The molecule has 0 aromatic heterocycles. The Morgan fingerprint density at radius 3 is 1.78 bits per heavy atom. The van der Waals surface area contributed by atoms with Gasteiger partial charge in [0.2, 0.25) is 0 Å². The maximum atomic E-state index is 11.2. The van der Waals surface area contributed by atoms with Crippen LogP contribution in [0.15, 0.2) is 0 Å². The van der Waals surface area contributed by atoms with Gasteiger partial charge in [0.05, 0.1) is 0 Å². The van der Waals surface area contributed by atoms with E-state index in [0.717, 1.165) is 0 Å². The quantitative estimate of drug-likeness (QED) is 0.474. The summed E-state index contributed by atoms with van der Waals surface area (Å²) in [5, 5.41) is 0. The van der Waals surface area contributed by atoms with Gasteiger partial charge in [-0.05, 0) is 0 Å². The van der Waals surface area contributed by atoms with Crippen molar-refractivity contribution in [1.29, 1.82) is 0 Å². The summed E-state index contributed by atoms with van der Waals surface area (Å²) in [5.41, 5.74) is 0. The summed E-state index contributed by atoms with van der Waals surface area (Å²) in [5.74, 6) is 0. The molecule has 0 atom stereocenters. The molecule has 4 nitrogen and oxygen atoms in total. The molecule has 0 aliphatic rings. The zero-order valence-electron chi connectivity index (χ0n) is 3.81. The standard InChI is InChI=1S/F3H3NO3PS/c1-8(2,5)4-9(3,6)7/h4-5,8H. The monoisotopic (exact) mass is 185 g/mol. The Bertz CT molecular complexity index is 180. The Balaban J connectivity index is 4.07. The van der Waals surface area contributed by atoms with Crippen LogP contribution in [0, 0.1) is 0 Å². The van der Waals surface area contributed by atoms with Gasteiger partial charge in [0.25, 0.3) is 0 Å². The molecular formula is H3F3NO3PS. The Labute approximate surface area is 49.7 Å². The van der Waals surface area contributed by atoms with E-state index in [2.05, 4.69) is 0 Å². The van der Waals surface area contributed by atoms with E-state index in [4.69, 9.17) is 4.89 Å². The summed E-state index contributed by atoms with van der Waals surface area (Å²) >= 11 is 0. The minimum atomic E-state index is -6.01. The first-order chi connectivity index (χ1) is 3.71. The van der Waals surface area contributed by atoms with Crippen molar-refractivity contribution in [2.75, 3.05) is 0 Å². The Kier molecular flexibility index (Phi) is 2.40. The third-order valence-electron chi connectivity index (χ3n) is 0.245. The van der Waals surface area contributed by atoms with Crippen molar-refractivity contribution in [3.8, 4) is 0 Å². The van der Waals surface area contributed by atoms with Gasteiger partial charge in [0.15, 0.2) is 0 Å². The number of hydrogen-bond donors (Lipinski definition) is 2. The first-order valence-electron chi connectivity index (χ1n) is 1.54. The molecule has 0 saturated carbocycles. The molecule has 0 aromatic carbocycles. The fraction of sp³-hybridized carbons (Fsp3) is 0. The summed E-state index contributed by atoms with van der Waals surface area (Å²) < 4.78 is 52.2. The van der Waals surface area contributed by atoms with E-state index in [-0.39, 0.29) is 4.49 Å². The van der Waals surface area contributed by atoms with Crippen LogP contribution in [0.25, 0.3) is 0 Å². The average Bonchev–Trinajstić information content (AvgIpc) is 1.14. The van der Waals surface area contributed by atoms with E-state index in [1.807, 2.05) is 0 Å². The van der Waals surface area contributed by atoms with Gasteiger partial charge in [-0.2, -0.15) is 0 Å². The Morgan fingerprint density at radius 2 is 1.78 bits per heavy atom. The van der Waals surface area contributed by atoms with Crippen molar-refractivity contribution in [3.63, 3.8) is 0 Å². The molecule has 0 aliphatic carbocycles. The van der Waals surface area contributed by atoms with Gasteiger partial charge in [0.1, 0.15) is 0 Å². The van der Waals surface area contributed by atoms with E-state index in [0.29, 0.717) is 0 Å². The molecule has 9 heteroatoms. The molecular weight excluding hydrogens is 182 g/mol. The number of nitrogens with one attached hydrogen (secondary N) is 1. The van der Waals surface area contributed by atoms with Crippen LogP contribution in [-0.4, -0.2) is 13.3 Å². The topological polar surface area (TPSA) is 66.4 Å². The van der Waals surface area contributed by atoms with Crippen LogP contribution in [-0.2, 0) is 10.4 Å². The predicted molar refractivity (Wildman–Crippen MR) is 25.9 cm³/mol. The molecule has 0 spiro atoms. The molecule has 0 bridgehead atoms. The number of hydrogen-bond acceptors (Lipinski definition) is 3. The summed E-state index contributed by atoms with van der Waals surface area (Å²) in [4.78, 5) is 7.43. The molecule has 0 rings (SSSR count). The van der Waals surface area contributed by atoms with Gasteiger partial charge in [0, 0.05) is 0 Å². The average molecular weight is 185 g/mol. The molecule has 0 saturated heterocycles. The molecule has 0 fully saturated rings. The minimum absolute atomic E-state index is 0.125. The molecule has 0 heterocycles. The van der Waals surface area contributed by atoms with Crippen molar-refractivity contribution in [2.45, 2.75) is 0 Å². The van der Waals surface area contributed by atoms with E-state index >= 15 is 0 Å². The van der Waals surface area contributed by atoms with Gasteiger partial charge in [-0.15, -0.1) is 0 Å². The van der Waals surface area contributed by atoms with Crippen molar-refractivity contribution >= 4 is 18.7 Å². The summed E-state index contributed by atoms with van der Waals surface area (Å²) in [6.45, 7) is 0. The SMILES string of the molecule is O=S(=O)(F)N[PH](O)(F)F. The third-order valence-corrected chi connectivity index (χ3v) is 2.20. The zero-order valence-corrected chi connectivity index (χ0v) is 5.62. The molecule has 0 radical (unpaired) electrons. The van der Waals surface area contributed by atoms with E-state index < -0.39 is 18.7 Å². The van der Waals surface area contributed by atoms with E-state index in [1.54, 1.807) is 0 Å². The van der Waals surface area contributed by atoms with Crippen molar-refractivity contribution < 1.29 is 25.6 Å². The maximum absolute atomic E-state index is 11.2. The van der Waals surface area contributed by atoms with E-state index in [9.17, 15) is 20.7 Å². The Morgan fingerprint density at radius 1 is 1.44 bits per heavy atom. The van der Waals surface area contributed by atoms with Crippen LogP contribution in [0.3, 0.4) is 0 Å². The molecule has 0 amide bonds. The molecule has 0 aliphatic heterocycles. The fourth-order valence-electron chi connectivity index (χ4n) is 0.147. The van der Waals surface area contributed by atoms with Gasteiger partial charge < -0.3 is 0 Å². The predicted octanol–water partition coefficient (Wildman–Crippen LogP) is 0.132. The van der Waals surface area contributed by atoms with Crippen molar-refractivity contribution in [3.05, 3.63) is 0 Å².